The standard InChI is InChI=1S/C14H20O/c1-5-12-9-14(15)13(8-11(12)4)7-6-10(2)3/h8-9,15H,2,5-7H2,1,3-4H3. The lowest BCUT2D eigenvalue weighted by Crippen LogP contribution is -1.93. The number of phenols is 1. The molecule has 0 aliphatic rings. The predicted octanol–water partition coefficient (Wildman–Crippen LogP) is 3.77. The van der Waals surface area contributed by atoms with E-state index in [4.69, 9.17) is 0 Å². The molecule has 1 nitrogen and oxygen atoms in total. The van der Waals surface area contributed by atoms with Crippen molar-refractivity contribution in [3.8, 4) is 5.75 Å². The van der Waals surface area contributed by atoms with Gasteiger partial charge >= 0.3 is 0 Å². The van der Waals surface area contributed by atoms with Crippen molar-refractivity contribution in [1.82, 2.24) is 0 Å². The van der Waals surface area contributed by atoms with Crippen LogP contribution in [0.4, 0.5) is 0 Å². The number of rotatable bonds is 4. The molecule has 0 bridgehead atoms. The highest BCUT2D eigenvalue weighted by Gasteiger charge is 2.05. The molecular weight excluding hydrogens is 184 g/mol. The van der Waals surface area contributed by atoms with Gasteiger partial charge in [0.05, 0.1) is 0 Å². The molecule has 1 heteroatoms. The van der Waals surface area contributed by atoms with Gasteiger partial charge < -0.3 is 5.11 Å². The van der Waals surface area contributed by atoms with Crippen molar-refractivity contribution >= 4 is 0 Å². The number of hydrogen-bond donors (Lipinski definition) is 1. The summed E-state index contributed by atoms with van der Waals surface area (Å²) in [6, 6.07) is 3.99. The number of hydrogen-bond acceptors (Lipinski definition) is 1. The summed E-state index contributed by atoms with van der Waals surface area (Å²) in [5.74, 6) is 0.429. The molecule has 0 fully saturated rings. The van der Waals surface area contributed by atoms with Crippen LogP contribution in [0, 0.1) is 6.92 Å². The van der Waals surface area contributed by atoms with Gasteiger partial charge in [-0.15, -0.1) is 6.58 Å². The number of aromatic hydroxyl groups is 1. The summed E-state index contributed by atoms with van der Waals surface area (Å²) in [5.41, 5.74) is 4.69. The third-order valence-electron chi connectivity index (χ3n) is 2.74. The van der Waals surface area contributed by atoms with Crippen LogP contribution in [-0.2, 0) is 12.8 Å². The topological polar surface area (TPSA) is 20.2 Å². The normalized spacial score (nSPS) is 10.3. The highest BCUT2D eigenvalue weighted by molar-refractivity contribution is 5.41. The van der Waals surface area contributed by atoms with E-state index in [2.05, 4.69) is 26.5 Å². The highest BCUT2D eigenvalue weighted by atomic mass is 16.3. The third kappa shape index (κ3) is 3.12. The van der Waals surface area contributed by atoms with E-state index in [1.165, 1.54) is 11.1 Å². The van der Waals surface area contributed by atoms with E-state index in [-0.39, 0.29) is 0 Å². The number of phenolic OH excluding ortho intramolecular Hbond substituents is 1. The molecule has 0 aliphatic heterocycles. The molecule has 0 unspecified atom stereocenters. The Kier molecular flexibility index (Phi) is 3.96. The Morgan fingerprint density at radius 2 is 2.00 bits per heavy atom. The van der Waals surface area contributed by atoms with Crippen molar-refractivity contribution in [2.24, 2.45) is 0 Å². The minimum Gasteiger partial charge on any atom is -0.508 e. The van der Waals surface area contributed by atoms with Gasteiger partial charge in [-0.2, -0.15) is 0 Å². The molecule has 1 N–H and O–H groups in total. The number of aryl methyl sites for hydroxylation is 3. The molecular formula is C14H20O. The van der Waals surface area contributed by atoms with Crippen molar-refractivity contribution in [2.75, 3.05) is 0 Å². The average molecular weight is 204 g/mol. The maximum absolute atomic E-state index is 9.83. The fraction of sp³-hybridized carbons (Fsp3) is 0.429. The predicted molar refractivity (Wildman–Crippen MR) is 65.4 cm³/mol. The van der Waals surface area contributed by atoms with Gasteiger partial charge in [0.2, 0.25) is 0 Å². The van der Waals surface area contributed by atoms with E-state index < -0.39 is 0 Å². The first kappa shape index (κ1) is 11.8. The van der Waals surface area contributed by atoms with Crippen molar-refractivity contribution in [3.05, 3.63) is 41.0 Å². The second kappa shape index (κ2) is 5.01. The molecule has 0 radical (unpaired) electrons. The Bertz CT molecular complexity index is 364. The van der Waals surface area contributed by atoms with E-state index in [0.29, 0.717) is 5.75 Å². The summed E-state index contributed by atoms with van der Waals surface area (Å²) in [6.07, 6.45) is 2.80. The van der Waals surface area contributed by atoms with Crippen LogP contribution in [0.5, 0.6) is 5.75 Å². The zero-order valence-corrected chi connectivity index (χ0v) is 9.93. The summed E-state index contributed by atoms with van der Waals surface area (Å²) in [7, 11) is 0. The molecule has 0 amide bonds. The van der Waals surface area contributed by atoms with Gasteiger partial charge in [-0.1, -0.05) is 18.6 Å². The van der Waals surface area contributed by atoms with Crippen LogP contribution in [0.3, 0.4) is 0 Å². The molecule has 0 saturated heterocycles. The fourth-order valence-corrected chi connectivity index (χ4v) is 1.73. The van der Waals surface area contributed by atoms with Crippen LogP contribution in [-0.4, -0.2) is 5.11 Å². The Morgan fingerprint density at radius 3 is 2.53 bits per heavy atom. The van der Waals surface area contributed by atoms with Gasteiger partial charge in [-0.05, 0) is 55.9 Å². The summed E-state index contributed by atoms with van der Waals surface area (Å²) >= 11 is 0. The van der Waals surface area contributed by atoms with E-state index in [9.17, 15) is 5.11 Å². The van der Waals surface area contributed by atoms with Crippen LogP contribution in [0.25, 0.3) is 0 Å². The minimum absolute atomic E-state index is 0.429. The van der Waals surface area contributed by atoms with Crippen molar-refractivity contribution in [1.29, 1.82) is 0 Å². The zero-order valence-electron chi connectivity index (χ0n) is 9.93. The average Bonchev–Trinajstić information content (AvgIpc) is 2.18. The van der Waals surface area contributed by atoms with Crippen molar-refractivity contribution < 1.29 is 5.11 Å². The van der Waals surface area contributed by atoms with Crippen LogP contribution >= 0.6 is 0 Å². The van der Waals surface area contributed by atoms with Gasteiger partial charge in [0.15, 0.2) is 0 Å². The van der Waals surface area contributed by atoms with Crippen molar-refractivity contribution in [2.45, 2.75) is 40.0 Å². The first-order valence-electron chi connectivity index (χ1n) is 5.50. The minimum atomic E-state index is 0.429. The van der Waals surface area contributed by atoms with E-state index in [1.54, 1.807) is 0 Å². The van der Waals surface area contributed by atoms with E-state index >= 15 is 0 Å². The third-order valence-corrected chi connectivity index (χ3v) is 2.74. The Morgan fingerprint density at radius 1 is 1.33 bits per heavy atom. The summed E-state index contributed by atoms with van der Waals surface area (Å²) in [6.45, 7) is 10.1. The quantitative estimate of drug-likeness (QED) is 0.740. The highest BCUT2D eigenvalue weighted by Crippen LogP contribution is 2.24. The van der Waals surface area contributed by atoms with E-state index in [0.717, 1.165) is 30.4 Å². The molecule has 1 aromatic carbocycles. The van der Waals surface area contributed by atoms with Gasteiger partial charge in [0.1, 0.15) is 5.75 Å². The number of benzene rings is 1. The molecule has 1 aromatic rings. The second-order valence-corrected chi connectivity index (χ2v) is 4.22. The van der Waals surface area contributed by atoms with Crippen LogP contribution < -0.4 is 0 Å². The van der Waals surface area contributed by atoms with Crippen LogP contribution in [0.15, 0.2) is 24.3 Å². The summed E-state index contributed by atoms with van der Waals surface area (Å²) < 4.78 is 0. The summed E-state index contributed by atoms with van der Waals surface area (Å²) in [5, 5.41) is 9.83. The Balaban J connectivity index is 2.90. The Hall–Kier alpha value is -1.24. The number of allylic oxidation sites excluding steroid dienone is 1. The lowest BCUT2D eigenvalue weighted by Gasteiger charge is -2.09. The maximum Gasteiger partial charge on any atom is 0.119 e. The molecule has 0 aromatic heterocycles. The molecule has 82 valence electrons. The zero-order chi connectivity index (χ0) is 11.4. The van der Waals surface area contributed by atoms with Gasteiger partial charge in [0.25, 0.3) is 0 Å². The summed E-state index contributed by atoms with van der Waals surface area (Å²) in [4.78, 5) is 0. The first-order valence-corrected chi connectivity index (χ1v) is 5.50. The fourth-order valence-electron chi connectivity index (χ4n) is 1.73. The molecule has 0 saturated carbocycles. The maximum atomic E-state index is 9.83. The van der Waals surface area contributed by atoms with Gasteiger partial charge in [-0.25, -0.2) is 0 Å². The second-order valence-electron chi connectivity index (χ2n) is 4.22. The van der Waals surface area contributed by atoms with Gasteiger partial charge in [-0.3, -0.25) is 0 Å². The lowest BCUT2D eigenvalue weighted by atomic mass is 9.98. The molecule has 1 rings (SSSR count). The monoisotopic (exact) mass is 204 g/mol. The van der Waals surface area contributed by atoms with Crippen LogP contribution in [0.2, 0.25) is 0 Å². The lowest BCUT2D eigenvalue weighted by molar-refractivity contribution is 0.467. The molecule has 0 atom stereocenters. The van der Waals surface area contributed by atoms with Gasteiger partial charge in [0, 0.05) is 0 Å². The Labute approximate surface area is 92.5 Å². The largest absolute Gasteiger partial charge is 0.508 e. The smallest absolute Gasteiger partial charge is 0.119 e. The van der Waals surface area contributed by atoms with E-state index in [1.807, 2.05) is 13.0 Å². The van der Waals surface area contributed by atoms with Crippen molar-refractivity contribution in [3.63, 3.8) is 0 Å². The SMILES string of the molecule is C=C(C)CCc1cc(C)c(CC)cc1O. The first-order chi connectivity index (χ1) is 7.04. The molecule has 15 heavy (non-hydrogen) atoms. The molecule has 0 aliphatic carbocycles. The molecule has 0 heterocycles. The van der Waals surface area contributed by atoms with Crippen LogP contribution in [0.1, 0.15) is 37.0 Å². The molecule has 0 spiro atoms.